The largest absolute Gasteiger partial charge is 0.352 e. The zero-order valence-corrected chi connectivity index (χ0v) is 12.2. The number of aromatic nitrogens is 2. The monoisotopic (exact) mass is 320 g/mol. The normalized spacial score (nSPS) is 10.4. The van der Waals surface area contributed by atoms with Crippen LogP contribution in [0.2, 0.25) is 10.0 Å². The lowest BCUT2D eigenvalue weighted by atomic mass is 10.2. The number of nitriles is 1. The first-order valence-electron chi connectivity index (χ1n) is 5.56. The van der Waals surface area contributed by atoms with Gasteiger partial charge in [0.05, 0.1) is 39.1 Å². The molecule has 0 unspecified atom stereocenters. The van der Waals surface area contributed by atoms with E-state index in [0.29, 0.717) is 32.3 Å². The van der Waals surface area contributed by atoms with Gasteiger partial charge in [-0.15, -0.1) is 0 Å². The highest BCUT2D eigenvalue weighted by Crippen LogP contribution is 2.36. The topological polar surface area (TPSA) is 61.6 Å². The third-order valence-electron chi connectivity index (χ3n) is 2.73. The first kappa shape index (κ1) is 13.1. The Balaban J connectivity index is 2.06. The number of halogens is 2. The summed E-state index contributed by atoms with van der Waals surface area (Å²) in [5.41, 5.74) is 3.32. The second-order valence-electron chi connectivity index (χ2n) is 3.99. The molecule has 0 bridgehead atoms. The zero-order chi connectivity index (χ0) is 14.1. The standard InChI is InChI=1S/C13H6Cl2N4S/c14-9-5-10(15)12-13(19-20-18-12)11(9)17-8-3-1-7(6-16)2-4-8/h1-5,17H. The molecule has 7 heteroatoms. The predicted molar refractivity (Wildman–Crippen MR) is 81.9 cm³/mol. The van der Waals surface area contributed by atoms with Crippen molar-refractivity contribution < 1.29 is 0 Å². The first-order chi connectivity index (χ1) is 9.69. The van der Waals surface area contributed by atoms with Crippen LogP contribution >= 0.6 is 34.9 Å². The van der Waals surface area contributed by atoms with E-state index in [9.17, 15) is 0 Å². The molecule has 0 saturated heterocycles. The van der Waals surface area contributed by atoms with Crippen LogP contribution in [0.1, 0.15) is 5.56 Å². The van der Waals surface area contributed by atoms with Crippen LogP contribution in [0.15, 0.2) is 30.3 Å². The SMILES string of the molecule is N#Cc1ccc(Nc2c(Cl)cc(Cl)c3nsnc23)cc1. The molecule has 20 heavy (non-hydrogen) atoms. The number of hydrogen-bond acceptors (Lipinski definition) is 5. The van der Waals surface area contributed by atoms with Gasteiger partial charge >= 0.3 is 0 Å². The maximum absolute atomic E-state index is 8.78. The Morgan fingerprint density at radius 2 is 1.75 bits per heavy atom. The number of benzene rings is 2. The maximum Gasteiger partial charge on any atom is 0.131 e. The molecule has 0 aliphatic rings. The minimum absolute atomic E-state index is 0.472. The summed E-state index contributed by atoms with van der Waals surface area (Å²) >= 11 is 13.4. The van der Waals surface area contributed by atoms with Crippen molar-refractivity contribution >= 4 is 57.3 Å². The molecular weight excluding hydrogens is 315 g/mol. The van der Waals surface area contributed by atoms with Crippen molar-refractivity contribution in [1.82, 2.24) is 8.75 Å². The number of fused-ring (bicyclic) bond motifs is 1. The van der Waals surface area contributed by atoms with Crippen LogP contribution in [0.25, 0.3) is 11.0 Å². The van der Waals surface area contributed by atoms with E-state index in [4.69, 9.17) is 28.5 Å². The predicted octanol–water partition coefficient (Wildman–Crippen LogP) is 4.61. The summed E-state index contributed by atoms with van der Waals surface area (Å²) in [6, 6.07) is 10.8. The lowest BCUT2D eigenvalue weighted by Crippen LogP contribution is -1.93. The molecule has 1 N–H and O–H groups in total. The molecule has 0 aliphatic heterocycles. The van der Waals surface area contributed by atoms with Crippen molar-refractivity contribution in [2.24, 2.45) is 0 Å². The van der Waals surface area contributed by atoms with E-state index in [2.05, 4.69) is 20.1 Å². The van der Waals surface area contributed by atoms with E-state index in [1.54, 1.807) is 30.3 Å². The summed E-state index contributed by atoms with van der Waals surface area (Å²) in [7, 11) is 0. The molecule has 4 nitrogen and oxygen atoms in total. The van der Waals surface area contributed by atoms with Crippen molar-refractivity contribution in [2.75, 3.05) is 5.32 Å². The maximum atomic E-state index is 8.78. The molecule has 0 saturated carbocycles. The molecule has 0 spiro atoms. The Morgan fingerprint density at radius 3 is 2.45 bits per heavy atom. The van der Waals surface area contributed by atoms with Crippen molar-refractivity contribution in [3.8, 4) is 6.07 Å². The van der Waals surface area contributed by atoms with Crippen LogP contribution in [0.3, 0.4) is 0 Å². The van der Waals surface area contributed by atoms with E-state index >= 15 is 0 Å². The zero-order valence-electron chi connectivity index (χ0n) is 9.89. The highest BCUT2D eigenvalue weighted by molar-refractivity contribution is 7.00. The first-order valence-corrected chi connectivity index (χ1v) is 7.05. The molecule has 2 aromatic carbocycles. The number of nitrogens with one attached hydrogen (secondary N) is 1. The van der Waals surface area contributed by atoms with Crippen molar-refractivity contribution in [2.45, 2.75) is 0 Å². The Hall–Kier alpha value is -1.87. The van der Waals surface area contributed by atoms with Crippen molar-refractivity contribution in [3.63, 3.8) is 0 Å². The molecule has 0 fully saturated rings. The summed E-state index contributed by atoms with van der Waals surface area (Å²) in [6.07, 6.45) is 0. The summed E-state index contributed by atoms with van der Waals surface area (Å²) in [4.78, 5) is 0. The molecule has 0 amide bonds. The quantitative estimate of drug-likeness (QED) is 0.748. The Kier molecular flexibility index (Phi) is 3.45. The average molecular weight is 321 g/mol. The van der Waals surface area contributed by atoms with Crippen molar-refractivity contribution in [1.29, 1.82) is 5.26 Å². The van der Waals surface area contributed by atoms with Gasteiger partial charge in [-0.1, -0.05) is 23.2 Å². The van der Waals surface area contributed by atoms with Crippen LogP contribution in [-0.2, 0) is 0 Å². The summed E-state index contributed by atoms with van der Waals surface area (Å²) in [5.74, 6) is 0. The van der Waals surface area contributed by atoms with E-state index < -0.39 is 0 Å². The highest BCUT2D eigenvalue weighted by Gasteiger charge is 2.14. The smallest absolute Gasteiger partial charge is 0.131 e. The van der Waals surface area contributed by atoms with Gasteiger partial charge in [-0.25, -0.2) is 0 Å². The van der Waals surface area contributed by atoms with Crippen LogP contribution in [0, 0.1) is 11.3 Å². The van der Waals surface area contributed by atoms with Gasteiger partial charge in [-0.2, -0.15) is 14.0 Å². The number of anilines is 2. The molecule has 0 aliphatic carbocycles. The van der Waals surface area contributed by atoms with Gasteiger partial charge in [0.2, 0.25) is 0 Å². The van der Waals surface area contributed by atoms with Gasteiger partial charge in [0.25, 0.3) is 0 Å². The second kappa shape index (κ2) is 5.25. The van der Waals surface area contributed by atoms with Crippen LogP contribution < -0.4 is 5.32 Å². The van der Waals surface area contributed by atoms with Gasteiger partial charge in [0, 0.05) is 5.69 Å². The molecule has 1 heterocycles. The molecule has 1 aromatic heterocycles. The van der Waals surface area contributed by atoms with Gasteiger partial charge in [-0.05, 0) is 30.3 Å². The lowest BCUT2D eigenvalue weighted by molar-refractivity contribution is 1.47. The van der Waals surface area contributed by atoms with Crippen molar-refractivity contribution in [3.05, 3.63) is 45.9 Å². The van der Waals surface area contributed by atoms with Crippen LogP contribution in [-0.4, -0.2) is 8.75 Å². The highest BCUT2D eigenvalue weighted by atomic mass is 35.5. The Bertz CT molecular complexity index is 821. The fourth-order valence-electron chi connectivity index (χ4n) is 1.77. The third kappa shape index (κ3) is 2.29. The Labute approximate surface area is 128 Å². The molecule has 3 rings (SSSR count). The minimum atomic E-state index is 0.472. The third-order valence-corrected chi connectivity index (χ3v) is 3.84. The summed E-state index contributed by atoms with van der Waals surface area (Å²) in [6.45, 7) is 0. The van der Waals surface area contributed by atoms with Gasteiger partial charge < -0.3 is 5.32 Å². The molecule has 0 atom stereocenters. The van der Waals surface area contributed by atoms with Gasteiger partial charge in [-0.3, -0.25) is 0 Å². The average Bonchev–Trinajstić information content (AvgIpc) is 2.94. The van der Waals surface area contributed by atoms with E-state index in [0.717, 1.165) is 17.4 Å². The Morgan fingerprint density at radius 1 is 1.05 bits per heavy atom. The second-order valence-corrected chi connectivity index (χ2v) is 5.33. The summed E-state index contributed by atoms with van der Waals surface area (Å²) < 4.78 is 8.36. The molecule has 3 aromatic rings. The van der Waals surface area contributed by atoms with Crippen LogP contribution in [0.4, 0.5) is 11.4 Å². The number of hydrogen-bond donors (Lipinski definition) is 1. The molecule has 0 radical (unpaired) electrons. The van der Waals surface area contributed by atoms with Gasteiger partial charge in [0.1, 0.15) is 11.0 Å². The molecule has 98 valence electrons. The molecular formula is C13H6Cl2N4S. The fourth-order valence-corrected chi connectivity index (χ4v) is 2.92. The van der Waals surface area contributed by atoms with Crippen LogP contribution in [0.5, 0.6) is 0 Å². The van der Waals surface area contributed by atoms with Gasteiger partial charge in [0.15, 0.2) is 0 Å². The summed E-state index contributed by atoms with van der Waals surface area (Å²) in [5, 5.41) is 12.9. The number of rotatable bonds is 2. The van der Waals surface area contributed by atoms with E-state index in [1.807, 2.05) is 0 Å². The number of nitrogens with zero attached hydrogens (tertiary/aromatic N) is 3. The minimum Gasteiger partial charge on any atom is -0.352 e. The van der Waals surface area contributed by atoms with E-state index in [1.165, 1.54) is 0 Å². The lowest BCUT2D eigenvalue weighted by Gasteiger charge is -2.09. The van der Waals surface area contributed by atoms with E-state index in [-0.39, 0.29) is 0 Å². The fraction of sp³-hybridized carbons (Fsp3) is 0.